The molecule has 0 bridgehead atoms. The Bertz CT molecular complexity index is 1270. The number of nitrogens with zero attached hydrogens (tertiary/aromatic N) is 2. The number of furan rings is 1. The van der Waals surface area contributed by atoms with Crippen LogP contribution in [-0.4, -0.2) is 23.1 Å². The second kappa shape index (κ2) is 8.72. The number of non-ortho nitro benzene ring substituents is 1. The number of nitro groups is 1. The van der Waals surface area contributed by atoms with Gasteiger partial charge in [-0.25, -0.2) is 4.99 Å². The van der Waals surface area contributed by atoms with Gasteiger partial charge >= 0.3 is 0 Å². The number of nitro benzene ring substituents is 1. The van der Waals surface area contributed by atoms with Gasteiger partial charge in [-0.15, -0.1) is 0 Å². The maximum absolute atomic E-state index is 12.4. The third-order valence-corrected chi connectivity index (χ3v) is 5.56. The first-order chi connectivity index (χ1) is 15.3. The van der Waals surface area contributed by atoms with E-state index in [0.717, 1.165) is 16.8 Å². The van der Waals surface area contributed by atoms with Gasteiger partial charge in [-0.1, -0.05) is 6.07 Å². The van der Waals surface area contributed by atoms with Crippen molar-refractivity contribution in [1.82, 2.24) is 5.32 Å². The number of benzene rings is 2. The van der Waals surface area contributed by atoms with Crippen LogP contribution in [0.2, 0.25) is 0 Å². The number of aryl methyl sites for hydroxylation is 2. The lowest BCUT2D eigenvalue weighted by molar-refractivity contribution is -0.384. The van der Waals surface area contributed by atoms with Gasteiger partial charge in [-0.05, 0) is 67.1 Å². The molecule has 0 aliphatic carbocycles. The zero-order valence-electron chi connectivity index (χ0n) is 17.5. The van der Waals surface area contributed by atoms with Crippen molar-refractivity contribution in [2.45, 2.75) is 13.8 Å². The van der Waals surface area contributed by atoms with Crippen LogP contribution in [0.3, 0.4) is 0 Å². The molecule has 9 heteroatoms. The lowest BCUT2D eigenvalue weighted by Crippen LogP contribution is -2.19. The Morgan fingerprint density at radius 1 is 1.12 bits per heavy atom. The molecule has 1 saturated heterocycles. The maximum atomic E-state index is 12.4. The molecule has 1 fully saturated rings. The summed E-state index contributed by atoms with van der Waals surface area (Å²) >= 11 is 1.23. The van der Waals surface area contributed by atoms with E-state index in [1.165, 1.54) is 31.0 Å². The smallest absolute Gasteiger partial charge is 0.273 e. The molecule has 1 aliphatic heterocycles. The number of thioether (sulfide) groups is 1. The summed E-state index contributed by atoms with van der Waals surface area (Å²) in [7, 11) is 1.43. The molecule has 1 aliphatic rings. The van der Waals surface area contributed by atoms with Gasteiger partial charge in [-0.3, -0.25) is 14.9 Å². The van der Waals surface area contributed by atoms with Gasteiger partial charge in [0.25, 0.3) is 11.6 Å². The van der Waals surface area contributed by atoms with Crippen LogP contribution in [0.25, 0.3) is 17.4 Å². The fourth-order valence-corrected chi connectivity index (χ4v) is 4.14. The van der Waals surface area contributed by atoms with Crippen molar-refractivity contribution in [2.24, 2.45) is 4.99 Å². The number of nitrogens with one attached hydrogen (secondary N) is 1. The van der Waals surface area contributed by atoms with Crippen LogP contribution >= 0.6 is 11.8 Å². The van der Waals surface area contributed by atoms with Crippen molar-refractivity contribution < 1.29 is 18.9 Å². The Hall–Kier alpha value is -3.85. The number of carbonyl (C=O) groups excluding carboxylic acids is 1. The number of methoxy groups -OCH3 is 1. The molecule has 1 aromatic heterocycles. The van der Waals surface area contributed by atoms with Crippen molar-refractivity contribution in [3.8, 4) is 17.1 Å². The number of amidine groups is 1. The molecular weight excluding hydrogens is 430 g/mol. The predicted octanol–water partition coefficient (Wildman–Crippen LogP) is 5.37. The van der Waals surface area contributed by atoms with E-state index < -0.39 is 4.92 Å². The van der Waals surface area contributed by atoms with Crippen LogP contribution in [0.4, 0.5) is 11.4 Å². The van der Waals surface area contributed by atoms with Gasteiger partial charge in [0.1, 0.15) is 17.3 Å². The van der Waals surface area contributed by atoms with Crippen molar-refractivity contribution >= 4 is 40.3 Å². The Kier molecular flexibility index (Phi) is 5.83. The molecule has 3 aromatic rings. The number of aliphatic imine (C=N–C) groups is 1. The van der Waals surface area contributed by atoms with E-state index in [4.69, 9.17) is 9.15 Å². The first kappa shape index (κ1) is 21.4. The minimum absolute atomic E-state index is 0.0749. The van der Waals surface area contributed by atoms with Crippen LogP contribution in [-0.2, 0) is 4.79 Å². The van der Waals surface area contributed by atoms with Crippen molar-refractivity contribution in [3.63, 3.8) is 0 Å². The molecule has 1 N–H and O–H groups in total. The number of hydrogen-bond donors (Lipinski definition) is 1. The molecule has 8 nitrogen and oxygen atoms in total. The SMILES string of the molecule is COc1cc([N+](=O)[O-])ccc1-c1ccc(/C=C2\SC(=Nc3cc(C)cc(C)c3)NC2=O)o1. The highest BCUT2D eigenvalue weighted by atomic mass is 32.2. The standard InChI is InChI=1S/C23H19N3O5S/c1-13-8-14(2)10-15(9-13)24-23-25-22(27)21(32-23)12-17-5-7-19(31-17)18-6-4-16(26(28)29)11-20(18)30-3/h4-12H,1-3H3,(H,24,25,27)/b21-12-. The zero-order valence-corrected chi connectivity index (χ0v) is 18.4. The minimum atomic E-state index is -0.489. The van der Waals surface area contributed by atoms with Crippen LogP contribution in [0.15, 0.2) is 62.8 Å². The Morgan fingerprint density at radius 3 is 2.56 bits per heavy atom. The molecule has 0 saturated carbocycles. The molecule has 2 aromatic carbocycles. The molecule has 162 valence electrons. The third-order valence-electron chi connectivity index (χ3n) is 4.65. The normalized spacial score (nSPS) is 15.9. The molecule has 1 amide bonds. The van der Waals surface area contributed by atoms with Crippen LogP contribution in [0.5, 0.6) is 5.75 Å². The van der Waals surface area contributed by atoms with Gasteiger partial charge < -0.3 is 14.5 Å². The number of rotatable bonds is 5. The summed E-state index contributed by atoms with van der Waals surface area (Å²) in [6.45, 7) is 3.99. The summed E-state index contributed by atoms with van der Waals surface area (Å²) in [5, 5.41) is 14.2. The Balaban J connectivity index is 1.58. The third kappa shape index (κ3) is 4.57. The average Bonchev–Trinajstić information content (AvgIpc) is 3.33. The monoisotopic (exact) mass is 449 g/mol. The Morgan fingerprint density at radius 2 is 1.88 bits per heavy atom. The average molecular weight is 449 g/mol. The van der Waals surface area contributed by atoms with Crippen molar-refractivity contribution in [2.75, 3.05) is 7.11 Å². The summed E-state index contributed by atoms with van der Waals surface area (Å²) in [6, 6.07) is 13.7. The number of carbonyl (C=O) groups is 1. The van der Waals surface area contributed by atoms with E-state index in [1.54, 1.807) is 24.3 Å². The molecule has 0 atom stereocenters. The molecule has 0 radical (unpaired) electrons. The van der Waals surface area contributed by atoms with Crippen molar-refractivity contribution in [1.29, 1.82) is 0 Å². The largest absolute Gasteiger partial charge is 0.496 e. The fourth-order valence-electron chi connectivity index (χ4n) is 3.31. The van der Waals surface area contributed by atoms with Gasteiger partial charge in [0.05, 0.1) is 34.3 Å². The summed E-state index contributed by atoms with van der Waals surface area (Å²) in [5.41, 5.74) is 3.47. The summed E-state index contributed by atoms with van der Waals surface area (Å²) < 4.78 is 11.1. The molecule has 32 heavy (non-hydrogen) atoms. The maximum Gasteiger partial charge on any atom is 0.273 e. The summed E-state index contributed by atoms with van der Waals surface area (Å²) in [4.78, 5) is 27.9. The zero-order chi connectivity index (χ0) is 22.8. The summed E-state index contributed by atoms with van der Waals surface area (Å²) in [5.74, 6) is 0.995. The number of hydrogen-bond acceptors (Lipinski definition) is 7. The summed E-state index contributed by atoms with van der Waals surface area (Å²) in [6.07, 6.45) is 1.63. The molecule has 4 rings (SSSR count). The number of ether oxygens (including phenoxy) is 1. The highest BCUT2D eigenvalue weighted by Gasteiger charge is 2.24. The Labute approximate surface area is 188 Å². The second-order valence-electron chi connectivity index (χ2n) is 7.17. The predicted molar refractivity (Wildman–Crippen MR) is 124 cm³/mol. The lowest BCUT2D eigenvalue weighted by Gasteiger charge is -2.05. The molecular formula is C23H19N3O5S. The van der Waals surface area contributed by atoms with Crippen LogP contribution in [0, 0.1) is 24.0 Å². The van der Waals surface area contributed by atoms with Gasteiger partial charge in [-0.2, -0.15) is 0 Å². The van der Waals surface area contributed by atoms with E-state index in [0.29, 0.717) is 32.9 Å². The van der Waals surface area contributed by atoms with E-state index in [2.05, 4.69) is 16.4 Å². The first-order valence-corrected chi connectivity index (χ1v) is 10.4. The van der Waals surface area contributed by atoms with Crippen LogP contribution < -0.4 is 10.1 Å². The van der Waals surface area contributed by atoms with Gasteiger partial charge in [0.2, 0.25) is 0 Å². The number of amides is 1. The van der Waals surface area contributed by atoms with Gasteiger partial charge in [0, 0.05) is 12.1 Å². The topological polar surface area (TPSA) is 107 Å². The van der Waals surface area contributed by atoms with E-state index in [9.17, 15) is 14.9 Å². The molecule has 0 unspecified atom stereocenters. The van der Waals surface area contributed by atoms with Crippen molar-refractivity contribution in [3.05, 3.63) is 80.4 Å². The molecule has 0 spiro atoms. The minimum Gasteiger partial charge on any atom is -0.496 e. The molecule has 2 heterocycles. The highest BCUT2D eigenvalue weighted by Crippen LogP contribution is 2.35. The lowest BCUT2D eigenvalue weighted by atomic mass is 10.1. The van der Waals surface area contributed by atoms with E-state index in [-0.39, 0.29) is 11.6 Å². The van der Waals surface area contributed by atoms with E-state index >= 15 is 0 Å². The fraction of sp³-hybridized carbons (Fsp3) is 0.130. The highest BCUT2D eigenvalue weighted by molar-refractivity contribution is 8.18. The van der Waals surface area contributed by atoms with Gasteiger partial charge in [0.15, 0.2) is 5.17 Å². The van der Waals surface area contributed by atoms with E-state index in [1.807, 2.05) is 26.0 Å². The van der Waals surface area contributed by atoms with Crippen LogP contribution in [0.1, 0.15) is 16.9 Å². The quantitative estimate of drug-likeness (QED) is 0.319. The second-order valence-corrected chi connectivity index (χ2v) is 8.20. The first-order valence-electron chi connectivity index (χ1n) is 9.63.